The fourth-order valence-corrected chi connectivity index (χ4v) is 2.13. The Kier molecular flexibility index (Phi) is 3.37. The van der Waals surface area contributed by atoms with Crippen molar-refractivity contribution in [2.75, 3.05) is 12.1 Å². The van der Waals surface area contributed by atoms with E-state index in [1.54, 1.807) is 24.3 Å². The number of para-hydroxylation sites is 1. The fraction of sp³-hybridized carbons (Fsp3) is 0.200. The molecule has 0 fully saturated rings. The van der Waals surface area contributed by atoms with Gasteiger partial charge in [0, 0.05) is 12.2 Å². The third kappa shape index (κ3) is 2.89. The van der Waals surface area contributed by atoms with Crippen molar-refractivity contribution in [2.45, 2.75) is 12.7 Å². The summed E-state index contributed by atoms with van der Waals surface area (Å²) in [4.78, 5) is 0. The molecule has 3 rings (SSSR count). The zero-order valence-electron chi connectivity index (χ0n) is 10.9. The van der Waals surface area contributed by atoms with Gasteiger partial charge in [-0.15, -0.1) is 0 Å². The highest BCUT2D eigenvalue weighted by molar-refractivity contribution is 5.53. The van der Waals surface area contributed by atoms with Crippen LogP contribution in [0.15, 0.2) is 42.5 Å². The summed E-state index contributed by atoms with van der Waals surface area (Å²) in [5.74, 6) is 1.26. The van der Waals surface area contributed by atoms with Gasteiger partial charge in [0.1, 0.15) is 0 Å². The van der Waals surface area contributed by atoms with Crippen LogP contribution < -0.4 is 14.8 Å². The smallest absolute Gasteiger partial charge is 0.418 e. The molecule has 3 nitrogen and oxygen atoms in total. The normalized spacial score (nSPS) is 13.3. The highest BCUT2D eigenvalue weighted by Gasteiger charge is 2.33. The van der Waals surface area contributed by atoms with Gasteiger partial charge in [0.05, 0.1) is 5.56 Å². The molecule has 21 heavy (non-hydrogen) atoms. The van der Waals surface area contributed by atoms with Crippen LogP contribution in [0.1, 0.15) is 11.1 Å². The third-order valence-corrected chi connectivity index (χ3v) is 3.15. The number of benzene rings is 2. The Bertz CT molecular complexity index is 656. The molecule has 0 bridgehead atoms. The Labute approximate surface area is 119 Å². The fourth-order valence-electron chi connectivity index (χ4n) is 2.13. The average Bonchev–Trinajstić information content (AvgIpc) is 2.92. The number of nitrogens with one attached hydrogen (secondary N) is 1. The molecule has 110 valence electrons. The first kappa shape index (κ1) is 13.6. The molecule has 1 aliphatic heterocycles. The van der Waals surface area contributed by atoms with Crippen LogP contribution >= 0.6 is 0 Å². The van der Waals surface area contributed by atoms with Gasteiger partial charge in [0.15, 0.2) is 11.5 Å². The summed E-state index contributed by atoms with van der Waals surface area (Å²) < 4.78 is 49.1. The van der Waals surface area contributed by atoms with Gasteiger partial charge in [0.25, 0.3) is 0 Å². The maximum atomic E-state index is 12.9. The summed E-state index contributed by atoms with van der Waals surface area (Å²) in [6.45, 7) is 0.437. The predicted octanol–water partition coefficient (Wildman–Crippen LogP) is 4.05. The SMILES string of the molecule is FC(F)(F)c1ccccc1NCc1ccc2c(c1)OCO2. The van der Waals surface area contributed by atoms with E-state index in [0.717, 1.165) is 11.6 Å². The lowest BCUT2D eigenvalue weighted by Crippen LogP contribution is -2.10. The molecular formula is C15H12F3NO2. The summed E-state index contributed by atoms with van der Waals surface area (Å²) in [5, 5.41) is 2.81. The first-order chi connectivity index (χ1) is 10.0. The second kappa shape index (κ2) is 5.20. The summed E-state index contributed by atoms with van der Waals surface area (Å²) in [5.41, 5.74) is 0.199. The van der Waals surface area contributed by atoms with E-state index >= 15 is 0 Å². The van der Waals surface area contributed by atoms with Crippen LogP contribution in [-0.4, -0.2) is 6.79 Å². The van der Waals surface area contributed by atoms with E-state index in [1.165, 1.54) is 12.1 Å². The molecule has 0 atom stereocenters. The molecule has 0 saturated carbocycles. The number of ether oxygens (including phenoxy) is 2. The number of rotatable bonds is 3. The molecule has 0 radical (unpaired) electrons. The van der Waals surface area contributed by atoms with E-state index in [2.05, 4.69) is 5.32 Å². The molecule has 0 aliphatic carbocycles. The van der Waals surface area contributed by atoms with Crippen LogP contribution in [0.25, 0.3) is 0 Å². The Morgan fingerprint density at radius 3 is 2.57 bits per heavy atom. The van der Waals surface area contributed by atoms with Gasteiger partial charge >= 0.3 is 6.18 Å². The zero-order valence-corrected chi connectivity index (χ0v) is 10.9. The summed E-state index contributed by atoms with van der Waals surface area (Å²) in [6, 6.07) is 10.7. The number of halogens is 3. The molecule has 1 heterocycles. The van der Waals surface area contributed by atoms with Crippen LogP contribution in [0.3, 0.4) is 0 Å². The van der Waals surface area contributed by atoms with Crippen molar-refractivity contribution in [1.29, 1.82) is 0 Å². The van der Waals surface area contributed by atoms with E-state index in [4.69, 9.17) is 9.47 Å². The van der Waals surface area contributed by atoms with E-state index in [-0.39, 0.29) is 19.0 Å². The van der Waals surface area contributed by atoms with Gasteiger partial charge in [-0.2, -0.15) is 13.2 Å². The van der Waals surface area contributed by atoms with Crippen LogP contribution in [0, 0.1) is 0 Å². The molecule has 1 aliphatic rings. The lowest BCUT2D eigenvalue weighted by molar-refractivity contribution is -0.136. The molecule has 0 aromatic heterocycles. The predicted molar refractivity (Wildman–Crippen MR) is 71.3 cm³/mol. The van der Waals surface area contributed by atoms with E-state index in [0.29, 0.717) is 11.5 Å². The van der Waals surface area contributed by atoms with Crippen molar-refractivity contribution in [3.8, 4) is 11.5 Å². The topological polar surface area (TPSA) is 30.5 Å². The van der Waals surface area contributed by atoms with Crippen LogP contribution in [0.5, 0.6) is 11.5 Å². The highest BCUT2D eigenvalue weighted by atomic mass is 19.4. The Morgan fingerprint density at radius 1 is 1.00 bits per heavy atom. The van der Waals surface area contributed by atoms with Crippen molar-refractivity contribution >= 4 is 5.69 Å². The molecule has 2 aromatic rings. The average molecular weight is 295 g/mol. The van der Waals surface area contributed by atoms with Crippen molar-refractivity contribution in [3.05, 3.63) is 53.6 Å². The van der Waals surface area contributed by atoms with Crippen LogP contribution in [0.2, 0.25) is 0 Å². The zero-order chi connectivity index (χ0) is 14.9. The minimum absolute atomic E-state index is 0.0580. The Hall–Kier alpha value is -2.37. The monoisotopic (exact) mass is 295 g/mol. The van der Waals surface area contributed by atoms with Crippen molar-refractivity contribution in [3.63, 3.8) is 0 Å². The molecule has 0 unspecified atom stereocenters. The molecule has 0 spiro atoms. The highest BCUT2D eigenvalue weighted by Crippen LogP contribution is 2.35. The molecular weight excluding hydrogens is 283 g/mol. The van der Waals surface area contributed by atoms with Gasteiger partial charge in [-0.25, -0.2) is 0 Å². The number of hydrogen-bond donors (Lipinski definition) is 1. The van der Waals surface area contributed by atoms with E-state index < -0.39 is 11.7 Å². The van der Waals surface area contributed by atoms with Crippen LogP contribution in [0.4, 0.5) is 18.9 Å². The molecule has 0 saturated heterocycles. The quantitative estimate of drug-likeness (QED) is 0.926. The molecule has 6 heteroatoms. The van der Waals surface area contributed by atoms with Crippen molar-refractivity contribution < 1.29 is 22.6 Å². The first-order valence-electron chi connectivity index (χ1n) is 6.33. The van der Waals surface area contributed by atoms with E-state index in [9.17, 15) is 13.2 Å². The molecule has 0 amide bonds. The first-order valence-corrected chi connectivity index (χ1v) is 6.33. The van der Waals surface area contributed by atoms with E-state index in [1.807, 2.05) is 0 Å². The lowest BCUT2D eigenvalue weighted by atomic mass is 10.1. The second-order valence-electron chi connectivity index (χ2n) is 4.58. The largest absolute Gasteiger partial charge is 0.454 e. The summed E-state index contributed by atoms with van der Waals surface area (Å²) >= 11 is 0. The summed E-state index contributed by atoms with van der Waals surface area (Å²) in [7, 11) is 0. The maximum Gasteiger partial charge on any atom is 0.418 e. The van der Waals surface area contributed by atoms with Crippen molar-refractivity contribution in [1.82, 2.24) is 0 Å². The van der Waals surface area contributed by atoms with Gasteiger partial charge in [-0.05, 0) is 29.8 Å². The third-order valence-electron chi connectivity index (χ3n) is 3.15. The van der Waals surface area contributed by atoms with Gasteiger partial charge in [-0.1, -0.05) is 18.2 Å². The maximum absolute atomic E-state index is 12.9. The molecule has 2 aromatic carbocycles. The number of alkyl halides is 3. The number of anilines is 1. The lowest BCUT2D eigenvalue weighted by Gasteiger charge is -2.14. The van der Waals surface area contributed by atoms with Crippen LogP contribution in [-0.2, 0) is 12.7 Å². The summed E-state index contributed by atoms with van der Waals surface area (Å²) in [6.07, 6.45) is -4.38. The van der Waals surface area contributed by atoms with Gasteiger partial charge in [-0.3, -0.25) is 0 Å². The number of hydrogen-bond acceptors (Lipinski definition) is 3. The van der Waals surface area contributed by atoms with Crippen molar-refractivity contribution in [2.24, 2.45) is 0 Å². The Morgan fingerprint density at radius 2 is 1.76 bits per heavy atom. The minimum atomic E-state index is -4.38. The molecule has 1 N–H and O–H groups in total. The Balaban J connectivity index is 1.76. The van der Waals surface area contributed by atoms with Gasteiger partial charge < -0.3 is 14.8 Å². The van der Waals surface area contributed by atoms with Gasteiger partial charge in [0.2, 0.25) is 6.79 Å². The number of fused-ring (bicyclic) bond motifs is 1. The second-order valence-corrected chi connectivity index (χ2v) is 4.58. The minimum Gasteiger partial charge on any atom is -0.454 e. The standard InChI is InChI=1S/C15H12F3NO2/c16-15(17,18)11-3-1-2-4-12(11)19-8-10-5-6-13-14(7-10)21-9-20-13/h1-7,19H,8-9H2.